The summed E-state index contributed by atoms with van der Waals surface area (Å²) in [7, 11) is 0. The molecule has 0 atom stereocenters. The second kappa shape index (κ2) is 15.8. The van der Waals surface area contributed by atoms with Gasteiger partial charge in [-0.2, -0.15) is 0 Å². The highest BCUT2D eigenvalue weighted by molar-refractivity contribution is 6.15. The van der Waals surface area contributed by atoms with Gasteiger partial charge >= 0.3 is 0 Å². The van der Waals surface area contributed by atoms with Crippen molar-refractivity contribution in [2.75, 3.05) is 0 Å². The minimum Gasteiger partial charge on any atom is -0.309 e. The maximum absolute atomic E-state index is 5.42. The van der Waals surface area contributed by atoms with Crippen LogP contribution in [0.2, 0.25) is 0 Å². The van der Waals surface area contributed by atoms with E-state index in [1.165, 1.54) is 76.7 Å². The molecule has 4 nitrogen and oxygen atoms in total. The normalized spacial score (nSPS) is 12.9. The highest BCUT2D eigenvalue weighted by Crippen LogP contribution is 2.54. The second-order valence-electron chi connectivity index (χ2n) is 20.2. The Morgan fingerprint density at radius 1 is 0.329 bits per heavy atom. The summed E-state index contributed by atoms with van der Waals surface area (Å²) in [5.74, 6) is 0.688. The molecule has 4 heteroatoms. The predicted octanol–water partition coefficient (Wildman–Crippen LogP) is 18.0. The van der Waals surface area contributed by atoms with E-state index >= 15 is 0 Å². The zero-order valence-corrected chi connectivity index (χ0v) is 40.4. The van der Waals surface area contributed by atoms with Gasteiger partial charge < -0.3 is 9.13 Å². The first-order valence-corrected chi connectivity index (χ1v) is 25.2. The number of nitrogens with zero attached hydrogens (tertiary/aromatic N) is 4. The van der Waals surface area contributed by atoms with Crippen molar-refractivity contribution in [3.63, 3.8) is 0 Å². The van der Waals surface area contributed by atoms with Gasteiger partial charge in [0.1, 0.15) is 0 Å². The molecule has 0 aliphatic heterocycles. The van der Waals surface area contributed by atoms with E-state index in [0.717, 1.165) is 61.3 Å². The van der Waals surface area contributed by atoms with Crippen LogP contribution in [0.5, 0.6) is 0 Å². The third-order valence-corrected chi connectivity index (χ3v) is 15.6. The summed E-state index contributed by atoms with van der Waals surface area (Å²) in [6.45, 7) is 4.81. The zero-order chi connectivity index (χ0) is 48.4. The van der Waals surface area contributed by atoms with E-state index in [4.69, 9.17) is 9.97 Å². The molecule has 0 saturated carbocycles. The molecule has 3 aromatic heterocycles. The van der Waals surface area contributed by atoms with Gasteiger partial charge in [-0.15, -0.1) is 0 Å². The van der Waals surface area contributed by atoms with Crippen LogP contribution in [-0.2, 0) is 5.41 Å². The molecule has 3 heterocycles. The van der Waals surface area contributed by atoms with Gasteiger partial charge in [0.2, 0.25) is 0 Å². The molecule has 0 saturated heterocycles. The first-order valence-electron chi connectivity index (χ1n) is 25.2. The molecule has 1 aliphatic rings. The Morgan fingerprint density at radius 3 is 1.66 bits per heavy atom. The van der Waals surface area contributed by atoms with E-state index in [9.17, 15) is 0 Å². The van der Waals surface area contributed by atoms with Gasteiger partial charge in [-0.25, -0.2) is 9.97 Å². The Kier molecular flexibility index (Phi) is 8.97. The standard InChI is InChI=1S/C69H46N4/c1-69(2)60-42-65-59(41-56(60)54-33-30-44-20-12-13-25-52(44)66(54)69)58-40-47(46-31-34-63-57(39-46)53-26-15-17-29-62(53)72(63)50-23-10-5-11-24-50)32-35-64(58)73(65)51-37-48(43-18-6-3-7-19-43)36-49(38-51)68-70-61-28-16-14-27-55(61)67(71-68)45-21-8-4-9-22-45/h3-42H,1-2H3. The fraction of sp³-hybridized carbons (Fsp3) is 0.0435. The molecule has 73 heavy (non-hydrogen) atoms. The van der Waals surface area contributed by atoms with E-state index in [2.05, 4.69) is 266 Å². The predicted molar refractivity (Wildman–Crippen MR) is 305 cm³/mol. The molecule has 14 aromatic rings. The lowest BCUT2D eigenvalue weighted by molar-refractivity contribution is 0.667. The molecule has 0 radical (unpaired) electrons. The minimum absolute atomic E-state index is 0.246. The maximum atomic E-state index is 5.42. The Balaban J connectivity index is 0.997. The molecule has 15 rings (SSSR count). The van der Waals surface area contributed by atoms with Crippen LogP contribution in [0.25, 0.3) is 133 Å². The van der Waals surface area contributed by atoms with Crippen molar-refractivity contribution in [2.45, 2.75) is 19.3 Å². The van der Waals surface area contributed by atoms with Gasteiger partial charge in [0.15, 0.2) is 5.82 Å². The SMILES string of the molecule is CC1(C)c2cc3c(cc2-c2ccc4ccccc4c21)c1cc(-c2ccc4c(c2)c2ccccc2n4-c2ccccc2)ccc1n3-c1cc(-c2ccccc2)cc(-c2nc(-c3ccccc3)c3ccccc3n2)c1. The van der Waals surface area contributed by atoms with Gasteiger partial charge in [-0.05, 0) is 134 Å². The van der Waals surface area contributed by atoms with Crippen LogP contribution >= 0.6 is 0 Å². The topological polar surface area (TPSA) is 35.6 Å². The monoisotopic (exact) mass is 930 g/mol. The van der Waals surface area contributed by atoms with Crippen LogP contribution < -0.4 is 0 Å². The Morgan fingerprint density at radius 2 is 0.904 bits per heavy atom. The van der Waals surface area contributed by atoms with Gasteiger partial charge in [-0.1, -0.05) is 178 Å². The number of fused-ring (bicyclic) bond motifs is 12. The van der Waals surface area contributed by atoms with E-state index in [1.807, 2.05) is 0 Å². The molecule has 0 bridgehead atoms. The molecule has 0 fully saturated rings. The average molecular weight is 931 g/mol. The summed E-state index contributed by atoms with van der Waals surface area (Å²) in [5, 5.41) is 8.51. The van der Waals surface area contributed by atoms with Crippen molar-refractivity contribution >= 4 is 65.3 Å². The smallest absolute Gasteiger partial charge is 0.160 e. The summed E-state index contributed by atoms with van der Waals surface area (Å²) < 4.78 is 4.88. The van der Waals surface area contributed by atoms with Crippen molar-refractivity contribution in [1.82, 2.24) is 19.1 Å². The second-order valence-corrected chi connectivity index (χ2v) is 20.2. The number of aromatic nitrogens is 4. The molecule has 11 aromatic carbocycles. The Labute approximate surface area is 422 Å². The molecule has 0 unspecified atom stereocenters. The highest BCUT2D eigenvalue weighted by atomic mass is 15.0. The molecule has 1 aliphatic carbocycles. The summed E-state index contributed by atoms with van der Waals surface area (Å²) in [4.78, 5) is 10.7. The van der Waals surface area contributed by atoms with Gasteiger partial charge in [-0.3, -0.25) is 0 Å². The van der Waals surface area contributed by atoms with Crippen LogP contribution in [0, 0.1) is 0 Å². The van der Waals surface area contributed by atoms with Gasteiger partial charge in [0.25, 0.3) is 0 Å². The summed E-state index contributed by atoms with van der Waals surface area (Å²) in [6.07, 6.45) is 0. The summed E-state index contributed by atoms with van der Waals surface area (Å²) in [5.41, 5.74) is 20.4. The first kappa shape index (κ1) is 41.4. The van der Waals surface area contributed by atoms with Crippen LogP contribution in [0.4, 0.5) is 0 Å². The van der Waals surface area contributed by atoms with Crippen LogP contribution in [0.1, 0.15) is 25.0 Å². The fourth-order valence-electron chi connectivity index (χ4n) is 12.3. The van der Waals surface area contributed by atoms with E-state index in [1.54, 1.807) is 0 Å². The zero-order valence-electron chi connectivity index (χ0n) is 40.4. The van der Waals surface area contributed by atoms with Crippen LogP contribution in [-0.4, -0.2) is 19.1 Å². The molecular formula is C69H46N4. The summed E-state index contributed by atoms with van der Waals surface area (Å²) in [6, 6.07) is 88.5. The largest absolute Gasteiger partial charge is 0.309 e. The Hall–Kier alpha value is -9.38. The highest BCUT2D eigenvalue weighted by Gasteiger charge is 2.38. The average Bonchev–Trinajstić information content (AvgIpc) is 4.06. The number of rotatable bonds is 6. The van der Waals surface area contributed by atoms with Crippen molar-refractivity contribution in [3.8, 4) is 67.4 Å². The van der Waals surface area contributed by atoms with E-state index in [0.29, 0.717) is 5.82 Å². The number of hydrogen-bond donors (Lipinski definition) is 0. The number of hydrogen-bond acceptors (Lipinski definition) is 2. The molecular weight excluding hydrogens is 885 g/mol. The Bertz CT molecular complexity index is 4560. The third-order valence-electron chi connectivity index (χ3n) is 15.6. The van der Waals surface area contributed by atoms with Crippen LogP contribution in [0.3, 0.4) is 0 Å². The maximum Gasteiger partial charge on any atom is 0.160 e. The minimum atomic E-state index is -0.246. The van der Waals surface area contributed by atoms with Crippen molar-refractivity contribution in [1.29, 1.82) is 0 Å². The lowest BCUT2D eigenvalue weighted by atomic mass is 9.80. The van der Waals surface area contributed by atoms with Crippen molar-refractivity contribution < 1.29 is 0 Å². The van der Waals surface area contributed by atoms with Gasteiger partial charge in [0, 0.05) is 54.8 Å². The van der Waals surface area contributed by atoms with E-state index in [-0.39, 0.29) is 5.41 Å². The third kappa shape index (κ3) is 6.33. The summed E-state index contributed by atoms with van der Waals surface area (Å²) >= 11 is 0. The molecule has 0 amide bonds. The molecule has 0 N–H and O–H groups in total. The fourth-order valence-corrected chi connectivity index (χ4v) is 12.3. The lowest BCUT2D eigenvalue weighted by Crippen LogP contribution is -2.15. The van der Waals surface area contributed by atoms with E-state index < -0.39 is 0 Å². The van der Waals surface area contributed by atoms with Crippen molar-refractivity contribution in [2.24, 2.45) is 0 Å². The van der Waals surface area contributed by atoms with Crippen LogP contribution in [0.15, 0.2) is 243 Å². The first-order chi connectivity index (χ1) is 35.9. The number of benzene rings is 11. The molecule has 342 valence electrons. The van der Waals surface area contributed by atoms with Gasteiger partial charge in [0.05, 0.1) is 33.3 Å². The lowest BCUT2D eigenvalue weighted by Gasteiger charge is -2.23. The molecule has 0 spiro atoms. The number of para-hydroxylation sites is 3. The van der Waals surface area contributed by atoms with Crippen molar-refractivity contribution in [3.05, 3.63) is 254 Å². The quantitative estimate of drug-likeness (QED) is 0.167.